The summed E-state index contributed by atoms with van der Waals surface area (Å²) in [6.07, 6.45) is 3.23. The minimum absolute atomic E-state index is 0.297. The van der Waals surface area contributed by atoms with E-state index in [0.29, 0.717) is 39.2 Å². The van der Waals surface area contributed by atoms with Crippen LogP contribution in [0.2, 0.25) is 10.0 Å². The van der Waals surface area contributed by atoms with E-state index in [1.165, 1.54) is 5.56 Å². The number of carbonyl (C=O) groups excluding carboxylic acids is 1. The van der Waals surface area contributed by atoms with Crippen LogP contribution in [0.15, 0.2) is 60.9 Å². The number of amides is 1. The zero-order valence-corrected chi connectivity index (χ0v) is 20.9. The molecule has 0 radical (unpaired) electrons. The highest BCUT2D eigenvalue weighted by molar-refractivity contribution is 6.42. The van der Waals surface area contributed by atoms with E-state index in [9.17, 15) is 4.79 Å². The Morgan fingerprint density at radius 3 is 2.51 bits per heavy atom. The van der Waals surface area contributed by atoms with Crippen LogP contribution in [0.3, 0.4) is 0 Å². The van der Waals surface area contributed by atoms with Crippen LogP contribution >= 0.6 is 23.2 Å². The number of aryl methyl sites for hydroxylation is 2. The van der Waals surface area contributed by atoms with Gasteiger partial charge in [-0.3, -0.25) is 9.48 Å². The highest BCUT2D eigenvalue weighted by Crippen LogP contribution is 2.26. The van der Waals surface area contributed by atoms with Crippen LogP contribution in [0.25, 0.3) is 16.9 Å². The number of fused-ring (bicyclic) bond motifs is 1. The van der Waals surface area contributed by atoms with Crippen LogP contribution in [0, 0.1) is 20.8 Å². The third kappa shape index (κ3) is 4.40. The third-order valence-corrected chi connectivity index (χ3v) is 6.67. The van der Waals surface area contributed by atoms with Crippen molar-refractivity contribution >= 4 is 40.4 Å². The fourth-order valence-electron chi connectivity index (χ4n) is 4.02. The van der Waals surface area contributed by atoms with Gasteiger partial charge >= 0.3 is 0 Å². The fraction of sp³-hybridized carbons (Fsp3) is 0.154. The number of aromatic nitrogens is 5. The number of rotatable bonds is 5. The number of anilines is 1. The van der Waals surface area contributed by atoms with Gasteiger partial charge in [-0.25, -0.2) is 9.50 Å². The molecule has 0 aliphatic rings. The topological polar surface area (TPSA) is 77.1 Å². The van der Waals surface area contributed by atoms with Gasteiger partial charge in [0, 0.05) is 11.8 Å². The van der Waals surface area contributed by atoms with Gasteiger partial charge in [0.1, 0.15) is 5.56 Å². The Labute approximate surface area is 212 Å². The first-order valence-electron chi connectivity index (χ1n) is 11.0. The van der Waals surface area contributed by atoms with Gasteiger partial charge in [-0.05, 0) is 44.5 Å². The maximum absolute atomic E-state index is 13.3. The Morgan fingerprint density at radius 2 is 1.77 bits per heavy atom. The van der Waals surface area contributed by atoms with Crippen molar-refractivity contribution in [2.45, 2.75) is 27.3 Å². The Balaban J connectivity index is 1.43. The Morgan fingerprint density at radius 1 is 1.00 bits per heavy atom. The predicted octanol–water partition coefficient (Wildman–Crippen LogP) is 6.13. The maximum atomic E-state index is 13.3. The molecule has 0 saturated carbocycles. The van der Waals surface area contributed by atoms with E-state index >= 15 is 0 Å². The molecule has 5 aromatic rings. The minimum atomic E-state index is -0.297. The van der Waals surface area contributed by atoms with Gasteiger partial charge in [0.05, 0.1) is 45.6 Å². The second kappa shape index (κ2) is 9.17. The second-order valence-corrected chi connectivity index (χ2v) is 9.21. The lowest BCUT2D eigenvalue weighted by Crippen LogP contribution is -2.13. The van der Waals surface area contributed by atoms with Crippen LogP contribution in [0.5, 0.6) is 0 Å². The molecule has 2 aromatic carbocycles. The highest BCUT2D eigenvalue weighted by Gasteiger charge is 2.20. The number of hydrogen-bond donors (Lipinski definition) is 1. The highest BCUT2D eigenvalue weighted by atomic mass is 35.5. The number of nitrogens with zero attached hydrogens (tertiary/aromatic N) is 5. The number of carbonyl (C=O) groups is 1. The summed E-state index contributed by atoms with van der Waals surface area (Å²) >= 11 is 12.2. The second-order valence-electron chi connectivity index (χ2n) is 8.40. The van der Waals surface area contributed by atoms with E-state index in [0.717, 1.165) is 22.5 Å². The van der Waals surface area contributed by atoms with Crippen molar-refractivity contribution in [1.29, 1.82) is 0 Å². The van der Waals surface area contributed by atoms with Crippen LogP contribution in [-0.2, 0) is 6.54 Å². The molecule has 0 atom stereocenters. The minimum Gasteiger partial charge on any atom is -0.319 e. The van der Waals surface area contributed by atoms with E-state index in [-0.39, 0.29) is 5.91 Å². The zero-order valence-electron chi connectivity index (χ0n) is 19.4. The van der Waals surface area contributed by atoms with Gasteiger partial charge in [0.2, 0.25) is 0 Å². The summed E-state index contributed by atoms with van der Waals surface area (Å²) in [6, 6.07) is 15.5. The van der Waals surface area contributed by atoms with Crippen LogP contribution < -0.4 is 5.32 Å². The predicted molar refractivity (Wildman–Crippen MR) is 138 cm³/mol. The lowest BCUT2D eigenvalue weighted by atomic mass is 10.1. The monoisotopic (exact) mass is 504 g/mol. The van der Waals surface area contributed by atoms with Crippen molar-refractivity contribution in [2.24, 2.45) is 0 Å². The number of halogens is 2. The van der Waals surface area contributed by atoms with E-state index in [2.05, 4.69) is 20.5 Å². The van der Waals surface area contributed by atoms with Crippen molar-refractivity contribution in [3.63, 3.8) is 0 Å². The molecule has 3 aromatic heterocycles. The average Bonchev–Trinajstić information content (AvgIpc) is 3.39. The van der Waals surface area contributed by atoms with Gasteiger partial charge in [0.15, 0.2) is 5.65 Å². The molecular formula is C26H22Cl2N6O. The first-order valence-corrected chi connectivity index (χ1v) is 11.8. The summed E-state index contributed by atoms with van der Waals surface area (Å²) in [6.45, 7) is 6.31. The Bertz CT molecular complexity index is 1570. The molecule has 9 heteroatoms. The molecule has 0 fully saturated rings. The molecule has 1 N–H and O–H groups in total. The summed E-state index contributed by atoms with van der Waals surface area (Å²) in [5, 5.41) is 13.1. The molecule has 176 valence electrons. The fourth-order valence-corrected chi connectivity index (χ4v) is 4.34. The molecule has 0 unspecified atom stereocenters. The van der Waals surface area contributed by atoms with Crippen LogP contribution in [-0.4, -0.2) is 30.3 Å². The van der Waals surface area contributed by atoms with Gasteiger partial charge in [-0.2, -0.15) is 10.2 Å². The molecule has 1 amide bonds. The summed E-state index contributed by atoms with van der Waals surface area (Å²) in [5.41, 5.74) is 7.04. The van der Waals surface area contributed by atoms with Crippen molar-refractivity contribution in [3.05, 3.63) is 99.0 Å². The average molecular weight is 505 g/mol. The molecule has 0 saturated heterocycles. The SMILES string of the molecule is Cc1ccc(-c2ccnc3c(C(=O)Nc4c(C)nn(Cc5ccc(Cl)c(Cl)c5)c4C)cnn23)cc1. The summed E-state index contributed by atoms with van der Waals surface area (Å²) in [7, 11) is 0. The quantitative estimate of drug-likeness (QED) is 0.312. The van der Waals surface area contributed by atoms with Crippen molar-refractivity contribution in [1.82, 2.24) is 24.4 Å². The number of hydrogen-bond acceptors (Lipinski definition) is 4. The summed E-state index contributed by atoms with van der Waals surface area (Å²) < 4.78 is 3.52. The summed E-state index contributed by atoms with van der Waals surface area (Å²) in [4.78, 5) is 17.7. The zero-order chi connectivity index (χ0) is 24.7. The van der Waals surface area contributed by atoms with Gasteiger partial charge in [-0.1, -0.05) is 59.1 Å². The molecular weight excluding hydrogens is 483 g/mol. The molecule has 0 aliphatic heterocycles. The molecule has 0 spiro atoms. The lowest BCUT2D eigenvalue weighted by Gasteiger charge is -2.08. The van der Waals surface area contributed by atoms with Gasteiger partial charge in [0.25, 0.3) is 5.91 Å². The summed E-state index contributed by atoms with van der Waals surface area (Å²) in [5.74, 6) is -0.297. The van der Waals surface area contributed by atoms with Crippen molar-refractivity contribution in [3.8, 4) is 11.3 Å². The molecule has 0 bridgehead atoms. The Kier molecular flexibility index (Phi) is 6.05. The van der Waals surface area contributed by atoms with Crippen molar-refractivity contribution < 1.29 is 4.79 Å². The number of nitrogens with one attached hydrogen (secondary N) is 1. The van der Waals surface area contributed by atoms with Crippen LogP contribution in [0.1, 0.15) is 32.9 Å². The third-order valence-electron chi connectivity index (χ3n) is 5.93. The van der Waals surface area contributed by atoms with E-state index in [4.69, 9.17) is 23.2 Å². The maximum Gasteiger partial charge on any atom is 0.261 e. The van der Waals surface area contributed by atoms with E-state index in [1.807, 2.05) is 67.9 Å². The van der Waals surface area contributed by atoms with E-state index in [1.54, 1.807) is 23.0 Å². The van der Waals surface area contributed by atoms with Crippen LogP contribution in [0.4, 0.5) is 5.69 Å². The molecule has 0 aliphatic carbocycles. The Hall–Kier alpha value is -3.68. The largest absolute Gasteiger partial charge is 0.319 e. The van der Waals surface area contributed by atoms with Gasteiger partial charge < -0.3 is 5.32 Å². The molecule has 3 heterocycles. The smallest absolute Gasteiger partial charge is 0.261 e. The molecule has 35 heavy (non-hydrogen) atoms. The van der Waals surface area contributed by atoms with E-state index < -0.39 is 0 Å². The van der Waals surface area contributed by atoms with Gasteiger partial charge in [-0.15, -0.1) is 0 Å². The van der Waals surface area contributed by atoms with Crippen molar-refractivity contribution in [2.75, 3.05) is 5.32 Å². The standard InChI is InChI=1S/C26H22Cl2N6O/c1-15-4-7-19(8-5-15)23-10-11-29-25-20(13-30-34(23)25)26(35)31-24-16(2)32-33(17(24)3)14-18-6-9-21(27)22(28)12-18/h4-13H,14H2,1-3H3,(H,31,35). The molecule has 5 rings (SSSR count). The lowest BCUT2D eigenvalue weighted by molar-refractivity contribution is 0.102. The first kappa shape index (κ1) is 23.1. The first-order chi connectivity index (χ1) is 16.8. The molecule has 7 nitrogen and oxygen atoms in total. The number of benzene rings is 2. The normalized spacial score (nSPS) is 11.2.